The van der Waals surface area contributed by atoms with Crippen LogP contribution in [0.15, 0.2) is 24.3 Å². The van der Waals surface area contributed by atoms with Crippen molar-refractivity contribution in [3.63, 3.8) is 0 Å². The van der Waals surface area contributed by atoms with Crippen LogP contribution in [0.4, 0.5) is 0 Å². The van der Waals surface area contributed by atoms with Gasteiger partial charge in [-0.15, -0.1) is 0 Å². The molecule has 0 fully saturated rings. The van der Waals surface area contributed by atoms with Crippen LogP contribution in [0.2, 0.25) is 0 Å². The summed E-state index contributed by atoms with van der Waals surface area (Å²) < 4.78 is 5.22. The molecule has 5 heteroatoms. The van der Waals surface area contributed by atoms with E-state index in [4.69, 9.17) is 10.6 Å². The number of methoxy groups -OCH3 is 1. The molecule has 2 atom stereocenters. The number of nitrogens with two attached hydrogens (primary N) is 1. The summed E-state index contributed by atoms with van der Waals surface area (Å²) in [4.78, 5) is 13.9. The standard InChI is InChI=1S/C16H27N3O2/c1-5-19(12(2)11-21-4)10-14-6-8-15(9-7-14)13(3)16(20)18-17/h6-9,12-13H,5,10-11,17H2,1-4H3,(H,18,20). The molecule has 0 aliphatic carbocycles. The van der Waals surface area contributed by atoms with Crippen molar-refractivity contribution >= 4 is 5.91 Å². The van der Waals surface area contributed by atoms with Gasteiger partial charge in [-0.1, -0.05) is 31.2 Å². The van der Waals surface area contributed by atoms with Gasteiger partial charge in [0.25, 0.3) is 0 Å². The number of carbonyl (C=O) groups is 1. The van der Waals surface area contributed by atoms with Crippen LogP contribution >= 0.6 is 0 Å². The highest BCUT2D eigenvalue weighted by Crippen LogP contribution is 2.17. The van der Waals surface area contributed by atoms with Crippen molar-refractivity contribution < 1.29 is 9.53 Å². The zero-order valence-electron chi connectivity index (χ0n) is 13.4. The number of nitrogens with one attached hydrogen (secondary N) is 1. The molecule has 0 radical (unpaired) electrons. The summed E-state index contributed by atoms with van der Waals surface area (Å²) in [5, 5.41) is 0. The van der Waals surface area contributed by atoms with Gasteiger partial charge in [-0.05, 0) is 31.5 Å². The number of amides is 1. The maximum Gasteiger partial charge on any atom is 0.241 e. The lowest BCUT2D eigenvalue weighted by Gasteiger charge is -2.27. The first-order chi connectivity index (χ1) is 10.0. The topological polar surface area (TPSA) is 67.6 Å². The summed E-state index contributed by atoms with van der Waals surface area (Å²) in [6, 6.07) is 8.49. The molecule has 0 aliphatic heterocycles. The minimum absolute atomic E-state index is 0.174. The number of hydrogen-bond donors (Lipinski definition) is 2. The molecule has 3 N–H and O–H groups in total. The largest absolute Gasteiger partial charge is 0.383 e. The van der Waals surface area contributed by atoms with Gasteiger partial charge >= 0.3 is 0 Å². The molecule has 0 saturated carbocycles. The van der Waals surface area contributed by atoms with Crippen LogP contribution < -0.4 is 11.3 Å². The first-order valence-corrected chi connectivity index (χ1v) is 7.35. The van der Waals surface area contributed by atoms with Gasteiger partial charge in [-0.2, -0.15) is 0 Å². The highest BCUT2D eigenvalue weighted by molar-refractivity contribution is 5.82. The molecule has 0 spiro atoms. The predicted octanol–water partition coefficient (Wildman–Crippen LogP) is 1.64. The molecule has 1 aromatic carbocycles. The lowest BCUT2D eigenvalue weighted by atomic mass is 9.99. The zero-order valence-corrected chi connectivity index (χ0v) is 13.4. The van der Waals surface area contributed by atoms with Gasteiger partial charge in [0, 0.05) is 19.7 Å². The van der Waals surface area contributed by atoms with E-state index in [1.54, 1.807) is 7.11 Å². The van der Waals surface area contributed by atoms with Crippen LogP contribution in [0.25, 0.3) is 0 Å². The molecule has 0 heterocycles. The van der Waals surface area contributed by atoms with Crippen molar-refractivity contribution in [1.29, 1.82) is 0 Å². The third kappa shape index (κ3) is 5.12. The number of ether oxygens (including phenoxy) is 1. The summed E-state index contributed by atoms with van der Waals surface area (Å²) in [6.07, 6.45) is 0. The van der Waals surface area contributed by atoms with Crippen molar-refractivity contribution in [1.82, 2.24) is 10.3 Å². The van der Waals surface area contributed by atoms with Crippen molar-refractivity contribution in [2.75, 3.05) is 20.3 Å². The normalized spacial score (nSPS) is 14.0. The number of hydrogen-bond acceptors (Lipinski definition) is 4. The van der Waals surface area contributed by atoms with Gasteiger partial charge in [0.05, 0.1) is 12.5 Å². The second-order valence-electron chi connectivity index (χ2n) is 5.34. The van der Waals surface area contributed by atoms with E-state index in [1.165, 1.54) is 5.56 Å². The summed E-state index contributed by atoms with van der Waals surface area (Å²) >= 11 is 0. The summed E-state index contributed by atoms with van der Waals surface area (Å²) in [7, 11) is 1.73. The van der Waals surface area contributed by atoms with Crippen molar-refractivity contribution in [2.24, 2.45) is 5.84 Å². The van der Waals surface area contributed by atoms with Crippen LogP contribution in [-0.2, 0) is 16.1 Å². The highest BCUT2D eigenvalue weighted by Gasteiger charge is 2.15. The molecule has 21 heavy (non-hydrogen) atoms. The molecule has 0 aliphatic rings. The van der Waals surface area contributed by atoms with E-state index in [0.29, 0.717) is 6.04 Å². The number of rotatable bonds is 8. The molecule has 1 aromatic rings. The Morgan fingerprint density at radius 1 is 1.33 bits per heavy atom. The van der Waals surface area contributed by atoms with E-state index < -0.39 is 0 Å². The number of benzene rings is 1. The Morgan fingerprint density at radius 2 is 1.95 bits per heavy atom. The van der Waals surface area contributed by atoms with Gasteiger partial charge in [0.15, 0.2) is 0 Å². The van der Waals surface area contributed by atoms with Gasteiger partial charge in [0.2, 0.25) is 5.91 Å². The second-order valence-corrected chi connectivity index (χ2v) is 5.34. The Bertz CT molecular complexity index is 434. The monoisotopic (exact) mass is 293 g/mol. The van der Waals surface area contributed by atoms with Gasteiger partial charge < -0.3 is 4.74 Å². The smallest absolute Gasteiger partial charge is 0.241 e. The fourth-order valence-corrected chi connectivity index (χ4v) is 2.35. The van der Waals surface area contributed by atoms with Crippen LogP contribution in [-0.4, -0.2) is 37.1 Å². The average Bonchev–Trinajstić information content (AvgIpc) is 2.51. The quantitative estimate of drug-likeness (QED) is 0.434. The minimum Gasteiger partial charge on any atom is -0.383 e. The molecule has 5 nitrogen and oxygen atoms in total. The lowest BCUT2D eigenvalue weighted by Crippen LogP contribution is -2.35. The molecule has 1 rings (SSSR count). The number of carbonyl (C=O) groups excluding carboxylic acids is 1. The molecule has 0 aromatic heterocycles. The predicted molar refractivity (Wildman–Crippen MR) is 84.6 cm³/mol. The van der Waals surface area contributed by atoms with Crippen molar-refractivity contribution in [2.45, 2.75) is 39.3 Å². The first-order valence-electron chi connectivity index (χ1n) is 7.35. The number of nitrogens with zero attached hydrogens (tertiary/aromatic N) is 1. The van der Waals surface area contributed by atoms with E-state index in [-0.39, 0.29) is 11.8 Å². The SMILES string of the molecule is CCN(Cc1ccc(C(C)C(=O)NN)cc1)C(C)COC. The van der Waals surface area contributed by atoms with Gasteiger partial charge in [0.1, 0.15) is 0 Å². The summed E-state index contributed by atoms with van der Waals surface area (Å²) in [5.41, 5.74) is 4.38. The molecule has 0 bridgehead atoms. The van der Waals surface area contributed by atoms with E-state index in [2.05, 4.69) is 36.3 Å². The van der Waals surface area contributed by atoms with E-state index in [0.717, 1.165) is 25.3 Å². The zero-order chi connectivity index (χ0) is 15.8. The molecule has 118 valence electrons. The third-order valence-electron chi connectivity index (χ3n) is 3.84. The highest BCUT2D eigenvalue weighted by atomic mass is 16.5. The molecule has 2 unspecified atom stereocenters. The van der Waals surface area contributed by atoms with E-state index in [9.17, 15) is 4.79 Å². The molecular formula is C16H27N3O2. The third-order valence-corrected chi connectivity index (χ3v) is 3.84. The van der Waals surface area contributed by atoms with Gasteiger partial charge in [-0.3, -0.25) is 15.1 Å². The van der Waals surface area contributed by atoms with Crippen LogP contribution in [0, 0.1) is 0 Å². The fraction of sp³-hybridized carbons (Fsp3) is 0.562. The molecule has 0 saturated heterocycles. The van der Waals surface area contributed by atoms with E-state index in [1.807, 2.05) is 19.1 Å². The maximum absolute atomic E-state index is 11.5. The molecule has 1 amide bonds. The van der Waals surface area contributed by atoms with Crippen LogP contribution in [0.5, 0.6) is 0 Å². The second kappa shape index (κ2) is 8.77. The Labute approximate surface area is 127 Å². The summed E-state index contributed by atoms with van der Waals surface area (Å²) in [6.45, 7) is 8.72. The Hall–Kier alpha value is -1.43. The van der Waals surface area contributed by atoms with Crippen molar-refractivity contribution in [3.05, 3.63) is 35.4 Å². The Balaban J connectivity index is 2.71. The van der Waals surface area contributed by atoms with E-state index >= 15 is 0 Å². The minimum atomic E-state index is -0.237. The molecular weight excluding hydrogens is 266 g/mol. The Kier molecular flexibility index (Phi) is 7.36. The lowest BCUT2D eigenvalue weighted by molar-refractivity contribution is -0.122. The van der Waals surface area contributed by atoms with Crippen LogP contribution in [0.1, 0.15) is 37.8 Å². The number of likely N-dealkylation sites (N-methyl/N-ethyl adjacent to an activating group) is 1. The van der Waals surface area contributed by atoms with Crippen LogP contribution in [0.3, 0.4) is 0 Å². The van der Waals surface area contributed by atoms with Crippen molar-refractivity contribution in [3.8, 4) is 0 Å². The maximum atomic E-state index is 11.5. The Morgan fingerprint density at radius 3 is 2.43 bits per heavy atom. The average molecular weight is 293 g/mol. The fourth-order valence-electron chi connectivity index (χ4n) is 2.35. The first kappa shape index (κ1) is 17.6. The van der Waals surface area contributed by atoms with Gasteiger partial charge in [-0.25, -0.2) is 5.84 Å². The summed E-state index contributed by atoms with van der Waals surface area (Å²) in [5.74, 6) is 4.76. The number of hydrazine groups is 1.